The van der Waals surface area contributed by atoms with Gasteiger partial charge < -0.3 is 14.4 Å². The van der Waals surface area contributed by atoms with Crippen molar-refractivity contribution in [2.75, 3.05) is 27.3 Å². The van der Waals surface area contributed by atoms with Crippen molar-refractivity contribution in [1.29, 1.82) is 0 Å². The monoisotopic (exact) mass is 366 g/mol. The first-order valence-electron chi connectivity index (χ1n) is 9.14. The van der Waals surface area contributed by atoms with E-state index in [1.807, 2.05) is 24.3 Å². The predicted molar refractivity (Wildman–Crippen MR) is 105 cm³/mol. The Labute approximate surface area is 158 Å². The number of allylic oxidation sites excluding steroid dienone is 1. The molecule has 0 radical (unpaired) electrons. The van der Waals surface area contributed by atoms with E-state index in [-0.39, 0.29) is 5.91 Å². The summed E-state index contributed by atoms with van der Waals surface area (Å²) in [6.45, 7) is 1.77. The van der Waals surface area contributed by atoms with Crippen molar-refractivity contribution in [3.05, 3.63) is 29.8 Å². The standard InChI is InChI=1S/C20H22N4O3/c1-26-15-7-6-13(12-16(15)27-2)14-8-9-21-18-17(14)19(25)23-20(22-18)24-10-4-3-5-11-24/h6-9,12,17H,3-5,10-11H2,1-2H3. The molecule has 1 atom stereocenters. The second-order valence-corrected chi connectivity index (χ2v) is 6.67. The van der Waals surface area contributed by atoms with Crippen molar-refractivity contribution in [3.63, 3.8) is 0 Å². The lowest BCUT2D eigenvalue weighted by atomic mass is 9.88. The van der Waals surface area contributed by atoms with E-state index in [9.17, 15) is 4.79 Å². The number of carbonyl (C=O) groups is 1. The summed E-state index contributed by atoms with van der Waals surface area (Å²) < 4.78 is 10.7. The molecule has 1 fully saturated rings. The molecule has 27 heavy (non-hydrogen) atoms. The highest BCUT2D eigenvalue weighted by Gasteiger charge is 2.35. The topological polar surface area (TPSA) is 75.9 Å². The molecule has 0 saturated carbocycles. The van der Waals surface area contributed by atoms with Crippen molar-refractivity contribution < 1.29 is 14.3 Å². The highest BCUT2D eigenvalue weighted by Crippen LogP contribution is 2.36. The molecule has 4 rings (SSSR count). The Morgan fingerprint density at radius 3 is 2.56 bits per heavy atom. The van der Waals surface area contributed by atoms with E-state index in [0.29, 0.717) is 23.3 Å². The number of nitrogens with zero attached hydrogens (tertiary/aromatic N) is 4. The van der Waals surface area contributed by atoms with Crippen molar-refractivity contribution in [2.45, 2.75) is 19.3 Å². The molecular formula is C20H22N4O3. The number of likely N-dealkylation sites (tertiary alicyclic amines) is 1. The molecule has 1 aromatic rings. The first-order valence-corrected chi connectivity index (χ1v) is 9.14. The van der Waals surface area contributed by atoms with Crippen molar-refractivity contribution in [2.24, 2.45) is 20.9 Å². The number of amides is 1. The van der Waals surface area contributed by atoms with Gasteiger partial charge in [-0.05, 0) is 48.6 Å². The van der Waals surface area contributed by atoms with Crippen LogP contribution in [0.3, 0.4) is 0 Å². The fourth-order valence-electron chi connectivity index (χ4n) is 3.65. The zero-order chi connectivity index (χ0) is 18.8. The number of rotatable bonds is 3. The number of methoxy groups -OCH3 is 2. The number of fused-ring (bicyclic) bond motifs is 1. The fourth-order valence-corrected chi connectivity index (χ4v) is 3.65. The number of carbonyl (C=O) groups excluding carboxylic acids is 1. The number of hydrogen-bond acceptors (Lipinski definition) is 6. The lowest BCUT2D eigenvalue weighted by Gasteiger charge is -2.30. The van der Waals surface area contributed by atoms with Crippen LogP contribution in [0.4, 0.5) is 0 Å². The highest BCUT2D eigenvalue weighted by molar-refractivity contribution is 6.25. The summed E-state index contributed by atoms with van der Waals surface area (Å²) in [6.07, 6.45) is 6.93. The molecule has 0 spiro atoms. The minimum Gasteiger partial charge on any atom is -0.493 e. The second kappa shape index (κ2) is 7.34. The molecule has 3 heterocycles. The van der Waals surface area contributed by atoms with Gasteiger partial charge in [-0.1, -0.05) is 6.07 Å². The third kappa shape index (κ3) is 3.25. The molecule has 3 aliphatic rings. The summed E-state index contributed by atoms with van der Waals surface area (Å²) in [6, 6.07) is 5.59. The summed E-state index contributed by atoms with van der Waals surface area (Å²) in [4.78, 5) is 28.2. The molecule has 0 bridgehead atoms. The molecule has 3 aliphatic heterocycles. The molecule has 0 aliphatic carbocycles. The van der Waals surface area contributed by atoms with Gasteiger partial charge in [0.15, 0.2) is 11.5 Å². The van der Waals surface area contributed by atoms with Crippen LogP contribution >= 0.6 is 0 Å². The van der Waals surface area contributed by atoms with Gasteiger partial charge in [0.1, 0.15) is 11.8 Å². The predicted octanol–water partition coefficient (Wildman–Crippen LogP) is 2.57. The number of aliphatic imine (C=N–C) groups is 3. The maximum absolute atomic E-state index is 12.9. The van der Waals surface area contributed by atoms with Crippen LogP contribution in [0.15, 0.2) is 39.3 Å². The smallest absolute Gasteiger partial charge is 0.264 e. The summed E-state index contributed by atoms with van der Waals surface area (Å²) >= 11 is 0. The maximum Gasteiger partial charge on any atom is 0.264 e. The number of guanidine groups is 1. The third-order valence-corrected chi connectivity index (χ3v) is 5.06. The number of hydrogen-bond donors (Lipinski definition) is 0. The van der Waals surface area contributed by atoms with Gasteiger partial charge in [0.25, 0.3) is 5.91 Å². The Balaban J connectivity index is 1.66. The summed E-state index contributed by atoms with van der Waals surface area (Å²) in [5.74, 6) is 1.44. The Morgan fingerprint density at radius 1 is 1.04 bits per heavy atom. The second-order valence-electron chi connectivity index (χ2n) is 6.67. The van der Waals surface area contributed by atoms with Crippen molar-refractivity contribution in [1.82, 2.24) is 4.90 Å². The van der Waals surface area contributed by atoms with E-state index in [1.54, 1.807) is 20.4 Å². The van der Waals surface area contributed by atoms with Crippen molar-refractivity contribution in [3.8, 4) is 11.5 Å². The lowest BCUT2D eigenvalue weighted by molar-refractivity contribution is -0.118. The molecular weight excluding hydrogens is 344 g/mol. The largest absolute Gasteiger partial charge is 0.493 e. The fraction of sp³-hybridized carbons (Fsp3) is 0.400. The van der Waals surface area contributed by atoms with Gasteiger partial charge in [-0.25, -0.2) is 4.99 Å². The highest BCUT2D eigenvalue weighted by atomic mass is 16.5. The van der Waals surface area contributed by atoms with Gasteiger partial charge >= 0.3 is 0 Å². The van der Waals surface area contributed by atoms with Crippen LogP contribution in [-0.2, 0) is 4.79 Å². The van der Waals surface area contributed by atoms with Gasteiger partial charge in [0, 0.05) is 19.3 Å². The number of piperidine rings is 1. The lowest BCUT2D eigenvalue weighted by Crippen LogP contribution is -2.40. The average molecular weight is 366 g/mol. The zero-order valence-electron chi connectivity index (χ0n) is 15.5. The molecule has 140 valence electrons. The van der Waals surface area contributed by atoms with E-state index in [1.165, 1.54) is 6.42 Å². The Kier molecular flexibility index (Phi) is 4.75. The summed E-state index contributed by atoms with van der Waals surface area (Å²) in [7, 11) is 3.18. The molecule has 1 unspecified atom stereocenters. The Morgan fingerprint density at radius 2 is 1.81 bits per heavy atom. The summed E-state index contributed by atoms with van der Waals surface area (Å²) in [5.41, 5.74) is 1.68. The van der Waals surface area contributed by atoms with E-state index >= 15 is 0 Å². The SMILES string of the molecule is COc1ccc(C2=CC=NC3=NC(N4CCCCC4)=NC(=O)C23)cc1OC. The van der Waals surface area contributed by atoms with Crippen LogP contribution in [0.25, 0.3) is 5.57 Å². The van der Waals surface area contributed by atoms with E-state index < -0.39 is 5.92 Å². The minimum absolute atomic E-state index is 0.224. The van der Waals surface area contributed by atoms with Crippen LogP contribution in [0.2, 0.25) is 0 Å². The molecule has 1 amide bonds. The Hall–Kier alpha value is -2.96. The van der Waals surface area contributed by atoms with Gasteiger partial charge in [-0.15, -0.1) is 0 Å². The zero-order valence-corrected chi connectivity index (χ0v) is 15.5. The van der Waals surface area contributed by atoms with E-state index in [4.69, 9.17) is 9.47 Å². The Bertz CT molecular complexity index is 879. The van der Waals surface area contributed by atoms with Gasteiger partial charge in [0.2, 0.25) is 5.96 Å². The number of amidine groups is 1. The average Bonchev–Trinajstić information content (AvgIpc) is 2.73. The summed E-state index contributed by atoms with van der Waals surface area (Å²) in [5, 5.41) is 0. The minimum atomic E-state index is -0.582. The first kappa shape index (κ1) is 17.5. The van der Waals surface area contributed by atoms with E-state index in [2.05, 4.69) is 19.9 Å². The normalized spacial score (nSPS) is 21.9. The van der Waals surface area contributed by atoms with Gasteiger partial charge in [-0.2, -0.15) is 9.98 Å². The molecule has 1 aromatic carbocycles. The molecule has 0 aromatic heterocycles. The number of benzene rings is 1. The van der Waals surface area contributed by atoms with Gasteiger partial charge in [0.05, 0.1) is 14.2 Å². The first-order chi connectivity index (χ1) is 13.2. The van der Waals surface area contributed by atoms with Crippen LogP contribution in [-0.4, -0.2) is 56.1 Å². The van der Waals surface area contributed by atoms with Gasteiger partial charge in [-0.3, -0.25) is 4.79 Å². The molecule has 7 heteroatoms. The van der Waals surface area contributed by atoms with Crippen LogP contribution in [0.5, 0.6) is 11.5 Å². The van der Waals surface area contributed by atoms with Crippen LogP contribution in [0, 0.1) is 5.92 Å². The third-order valence-electron chi connectivity index (χ3n) is 5.06. The number of dihydropyridines is 1. The quantitative estimate of drug-likeness (QED) is 0.824. The van der Waals surface area contributed by atoms with Crippen molar-refractivity contribution >= 4 is 29.5 Å². The van der Waals surface area contributed by atoms with E-state index in [0.717, 1.165) is 37.1 Å². The molecule has 0 N–H and O–H groups in total. The number of ether oxygens (including phenoxy) is 2. The van der Waals surface area contributed by atoms with Crippen LogP contribution in [0.1, 0.15) is 24.8 Å². The van der Waals surface area contributed by atoms with Crippen LogP contribution < -0.4 is 9.47 Å². The molecule has 1 saturated heterocycles. The molecule has 7 nitrogen and oxygen atoms in total. The maximum atomic E-state index is 12.9.